The van der Waals surface area contributed by atoms with Crippen molar-refractivity contribution in [3.63, 3.8) is 0 Å². The lowest BCUT2D eigenvalue weighted by molar-refractivity contribution is -0.188. The van der Waals surface area contributed by atoms with E-state index in [-0.39, 0.29) is 29.0 Å². The van der Waals surface area contributed by atoms with Gasteiger partial charge in [-0.3, -0.25) is 4.84 Å². The number of hydrogen-bond acceptors (Lipinski definition) is 6. The van der Waals surface area contributed by atoms with Crippen LogP contribution in [-0.2, 0) is 24.1 Å². The number of unbranched alkanes of at least 4 members (excludes halogenated alkanes) is 3. The Morgan fingerprint density at radius 2 is 1.77 bits per heavy atom. The minimum atomic E-state index is -0.118. The molecule has 0 heterocycles. The Morgan fingerprint density at radius 1 is 0.967 bits per heavy atom. The first-order valence-corrected chi connectivity index (χ1v) is 10.9. The summed E-state index contributed by atoms with van der Waals surface area (Å²) in [5.41, 5.74) is 2.81. The van der Waals surface area contributed by atoms with Crippen LogP contribution in [0.15, 0.2) is 30.3 Å². The fourth-order valence-corrected chi connectivity index (χ4v) is 4.10. The van der Waals surface area contributed by atoms with Crippen LogP contribution in [0.5, 0.6) is 23.0 Å². The van der Waals surface area contributed by atoms with E-state index in [1.807, 2.05) is 6.07 Å². The molecule has 6 heteroatoms. The van der Waals surface area contributed by atoms with Gasteiger partial charge in [0.25, 0.3) is 0 Å². The predicted octanol–water partition coefficient (Wildman–Crippen LogP) is 4.42. The molecule has 2 aromatic rings. The summed E-state index contributed by atoms with van der Waals surface area (Å²) in [7, 11) is 0. The summed E-state index contributed by atoms with van der Waals surface area (Å²) in [5, 5.41) is 41.1. The van der Waals surface area contributed by atoms with Gasteiger partial charge in [0.15, 0.2) is 23.0 Å². The third-order valence-electron chi connectivity index (χ3n) is 5.87. The molecule has 0 saturated carbocycles. The Balaban J connectivity index is 1.62. The summed E-state index contributed by atoms with van der Waals surface area (Å²) in [6.07, 6.45) is 7.61. The number of phenols is 4. The van der Waals surface area contributed by atoms with Gasteiger partial charge < -0.3 is 20.4 Å². The van der Waals surface area contributed by atoms with E-state index in [0.717, 1.165) is 42.5 Å². The maximum absolute atomic E-state index is 10.1. The minimum Gasteiger partial charge on any atom is -0.504 e. The second kappa shape index (κ2) is 10.5. The summed E-state index contributed by atoms with van der Waals surface area (Å²) >= 11 is 0. The molecule has 1 aliphatic carbocycles. The van der Waals surface area contributed by atoms with Crippen molar-refractivity contribution in [3.8, 4) is 23.0 Å². The normalized spacial score (nSPS) is 16.0. The first-order valence-electron chi connectivity index (χ1n) is 10.9. The zero-order valence-corrected chi connectivity index (χ0v) is 17.7. The van der Waals surface area contributed by atoms with Crippen molar-refractivity contribution in [3.05, 3.63) is 47.0 Å². The van der Waals surface area contributed by atoms with Crippen LogP contribution in [0.4, 0.5) is 0 Å². The van der Waals surface area contributed by atoms with Gasteiger partial charge >= 0.3 is 0 Å². The molecule has 6 nitrogen and oxygen atoms in total. The van der Waals surface area contributed by atoms with Crippen LogP contribution in [0.2, 0.25) is 0 Å². The number of rotatable bonds is 10. The molecule has 0 bridgehead atoms. The molecule has 1 unspecified atom stereocenters. The monoisotopic (exact) mass is 415 g/mol. The molecule has 164 valence electrons. The molecular formula is C24H33NO5. The topological polar surface area (TPSA) is 93.4 Å². The van der Waals surface area contributed by atoms with Crippen molar-refractivity contribution in [1.82, 2.24) is 5.06 Å². The second-order valence-electron chi connectivity index (χ2n) is 8.08. The Kier molecular flexibility index (Phi) is 7.82. The van der Waals surface area contributed by atoms with Crippen LogP contribution >= 0.6 is 0 Å². The molecular weight excluding hydrogens is 382 g/mol. The molecule has 3 rings (SSSR count). The standard InChI is InChI=1S/C24H33NO5/c1-2-3-4-5-13-25(30-14-12-17-6-10-21(26)23(28)15-17)19-8-9-20-18(16-19)7-11-22(27)24(20)29/h6-7,10-11,15,19,26-29H,2-5,8-9,12-14,16H2,1H3. The maximum Gasteiger partial charge on any atom is 0.160 e. The Labute approximate surface area is 178 Å². The van der Waals surface area contributed by atoms with Crippen molar-refractivity contribution >= 4 is 0 Å². The molecule has 0 fully saturated rings. The summed E-state index contributed by atoms with van der Waals surface area (Å²) in [4.78, 5) is 6.18. The fourth-order valence-electron chi connectivity index (χ4n) is 4.10. The highest BCUT2D eigenvalue weighted by atomic mass is 16.7. The van der Waals surface area contributed by atoms with Crippen LogP contribution in [0, 0.1) is 0 Å². The lowest BCUT2D eigenvalue weighted by atomic mass is 9.87. The average Bonchev–Trinajstić information content (AvgIpc) is 2.75. The van der Waals surface area contributed by atoms with Gasteiger partial charge in [0.1, 0.15) is 0 Å². The van der Waals surface area contributed by atoms with Gasteiger partial charge in [-0.05, 0) is 61.4 Å². The second-order valence-corrected chi connectivity index (χ2v) is 8.08. The van der Waals surface area contributed by atoms with E-state index in [0.29, 0.717) is 19.4 Å². The highest BCUT2D eigenvalue weighted by Gasteiger charge is 2.27. The summed E-state index contributed by atoms with van der Waals surface area (Å²) < 4.78 is 0. The quantitative estimate of drug-likeness (QED) is 0.261. The average molecular weight is 416 g/mol. The third-order valence-corrected chi connectivity index (χ3v) is 5.87. The lowest BCUT2D eigenvalue weighted by Gasteiger charge is -2.34. The molecule has 30 heavy (non-hydrogen) atoms. The largest absolute Gasteiger partial charge is 0.504 e. The Bertz CT molecular complexity index is 839. The van der Waals surface area contributed by atoms with Crippen LogP contribution < -0.4 is 0 Å². The van der Waals surface area contributed by atoms with Crippen LogP contribution in [0.1, 0.15) is 55.7 Å². The van der Waals surface area contributed by atoms with Crippen molar-refractivity contribution in [2.24, 2.45) is 0 Å². The number of fused-ring (bicyclic) bond motifs is 1. The molecule has 1 atom stereocenters. The van der Waals surface area contributed by atoms with Crippen LogP contribution in [-0.4, -0.2) is 44.7 Å². The summed E-state index contributed by atoms with van der Waals surface area (Å²) in [6, 6.07) is 8.52. The maximum atomic E-state index is 10.1. The highest BCUT2D eigenvalue weighted by molar-refractivity contribution is 5.50. The Morgan fingerprint density at radius 3 is 2.53 bits per heavy atom. The van der Waals surface area contributed by atoms with E-state index in [9.17, 15) is 20.4 Å². The molecule has 0 spiro atoms. The van der Waals surface area contributed by atoms with Gasteiger partial charge in [-0.2, -0.15) is 5.06 Å². The molecule has 0 saturated heterocycles. The van der Waals surface area contributed by atoms with E-state index < -0.39 is 0 Å². The molecule has 0 aliphatic heterocycles. The number of benzene rings is 2. The molecule has 1 aliphatic rings. The number of hydrogen-bond donors (Lipinski definition) is 4. The SMILES string of the molecule is CCCCCCN(OCCc1ccc(O)c(O)c1)C1CCc2c(ccc(O)c2O)C1. The molecule has 0 radical (unpaired) electrons. The smallest absolute Gasteiger partial charge is 0.160 e. The van der Waals surface area contributed by atoms with Gasteiger partial charge in [0, 0.05) is 18.2 Å². The van der Waals surface area contributed by atoms with E-state index in [2.05, 4.69) is 12.0 Å². The number of hydroxylamine groups is 2. The molecule has 0 amide bonds. The van der Waals surface area contributed by atoms with Crippen molar-refractivity contribution in [2.75, 3.05) is 13.2 Å². The van der Waals surface area contributed by atoms with Crippen molar-refractivity contribution in [1.29, 1.82) is 0 Å². The zero-order valence-electron chi connectivity index (χ0n) is 17.7. The molecule has 0 aromatic heterocycles. The van der Waals surface area contributed by atoms with Gasteiger partial charge in [0.2, 0.25) is 0 Å². The first-order chi connectivity index (χ1) is 14.5. The number of aromatic hydroxyl groups is 4. The van der Waals surface area contributed by atoms with Crippen LogP contribution in [0.25, 0.3) is 0 Å². The number of phenolic OH excluding ortho intramolecular Hbond substituents is 4. The van der Waals surface area contributed by atoms with E-state index in [1.54, 1.807) is 18.2 Å². The van der Waals surface area contributed by atoms with E-state index >= 15 is 0 Å². The summed E-state index contributed by atoms with van der Waals surface area (Å²) in [6.45, 7) is 3.54. The van der Waals surface area contributed by atoms with Gasteiger partial charge in [0.05, 0.1) is 6.61 Å². The Hall–Kier alpha value is -2.44. The molecule has 4 N–H and O–H groups in total. The van der Waals surface area contributed by atoms with Gasteiger partial charge in [-0.1, -0.05) is 38.3 Å². The fraction of sp³-hybridized carbons (Fsp3) is 0.500. The zero-order chi connectivity index (χ0) is 21.5. The predicted molar refractivity (Wildman–Crippen MR) is 116 cm³/mol. The third kappa shape index (κ3) is 5.58. The van der Waals surface area contributed by atoms with Crippen molar-refractivity contribution < 1.29 is 25.3 Å². The van der Waals surface area contributed by atoms with Gasteiger partial charge in [-0.15, -0.1) is 0 Å². The van der Waals surface area contributed by atoms with E-state index in [4.69, 9.17) is 4.84 Å². The first kappa shape index (κ1) is 22.2. The van der Waals surface area contributed by atoms with Crippen LogP contribution in [0.3, 0.4) is 0 Å². The minimum absolute atomic E-state index is 0.00787. The van der Waals surface area contributed by atoms with Gasteiger partial charge in [-0.25, -0.2) is 0 Å². The van der Waals surface area contributed by atoms with E-state index in [1.165, 1.54) is 25.3 Å². The molecule has 2 aromatic carbocycles. The number of nitrogens with zero attached hydrogens (tertiary/aromatic N) is 1. The summed E-state index contributed by atoms with van der Waals surface area (Å²) in [5.74, 6) is -0.284. The lowest BCUT2D eigenvalue weighted by Crippen LogP contribution is -2.40. The highest BCUT2D eigenvalue weighted by Crippen LogP contribution is 2.37. The van der Waals surface area contributed by atoms with Crippen molar-refractivity contribution in [2.45, 2.75) is 64.3 Å².